The molecule has 2 aromatic rings. The maximum Gasteiger partial charge on any atom is 0.213 e. The molecule has 2 N–H and O–H groups in total. The minimum absolute atomic E-state index is 0.137. The van der Waals surface area contributed by atoms with Crippen molar-refractivity contribution in [3.8, 4) is 17.4 Å². The third-order valence-electron chi connectivity index (χ3n) is 2.32. The van der Waals surface area contributed by atoms with Gasteiger partial charge in [0.2, 0.25) is 5.88 Å². The van der Waals surface area contributed by atoms with E-state index in [1.807, 2.05) is 19.1 Å². The van der Waals surface area contributed by atoms with E-state index in [4.69, 9.17) is 9.84 Å². The molecule has 88 valence electrons. The average molecular weight is 231 g/mol. The summed E-state index contributed by atoms with van der Waals surface area (Å²) in [7, 11) is 0. The first kappa shape index (κ1) is 11.3. The summed E-state index contributed by atoms with van der Waals surface area (Å²) in [5.41, 5.74) is 1.84. The molecule has 4 nitrogen and oxygen atoms in total. The van der Waals surface area contributed by atoms with Gasteiger partial charge < -0.3 is 14.9 Å². The van der Waals surface area contributed by atoms with Crippen LogP contribution >= 0.6 is 0 Å². The number of phenols is 2. The molecule has 0 aliphatic rings. The van der Waals surface area contributed by atoms with Crippen molar-refractivity contribution in [3.63, 3.8) is 0 Å². The Morgan fingerprint density at radius 2 is 1.94 bits per heavy atom. The van der Waals surface area contributed by atoms with Gasteiger partial charge in [-0.05, 0) is 36.2 Å². The first-order chi connectivity index (χ1) is 8.15. The summed E-state index contributed by atoms with van der Waals surface area (Å²) >= 11 is 0. The number of aromatic nitrogens is 1. The lowest BCUT2D eigenvalue weighted by Gasteiger charge is -2.06. The Labute approximate surface area is 99.1 Å². The van der Waals surface area contributed by atoms with E-state index < -0.39 is 0 Å². The van der Waals surface area contributed by atoms with E-state index in [0.717, 1.165) is 11.1 Å². The van der Waals surface area contributed by atoms with Crippen LogP contribution in [0.3, 0.4) is 0 Å². The van der Waals surface area contributed by atoms with Gasteiger partial charge in [-0.1, -0.05) is 6.07 Å². The number of aromatic hydroxyl groups is 2. The van der Waals surface area contributed by atoms with Gasteiger partial charge in [-0.15, -0.1) is 0 Å². The number of nitrogens with zero attached hydrogens (tertiary/aromatic N) is 1. The van der Waals surface area contributed by atoms with Crippen molar-refractivity contribution in [2.24, 2.45) is 0 Å². The average Bonchev–Trinajstić information content (AvgIpc) is 2.31. The summed E-state index contributed by atoms with van der Waals surface area (Å²) in [6.07, 6.45) is 1.68. The standard InChI is InChI=1S/C13H13NO3/c1-9-4-5-14-13(6-9)17-8-10-2-3-11(15)12(16)7-10/h2-7,15-16H,8H2,1H3. The molecule has 0 saturated heterocycles. The highest BCUT2D eigenvalue weighted by molar-refractivity contribution is 5.40. The van der Waals surface area contributed by atoms with Gasteiger partial charge in [-0.25, -0.2) is 4.98 Å². The van der Waals surface area contributed by atoms with Crippen molar-refractivity contribution in [2.75, 3.05) is 0 Å². The Balaban J connectivity index is 2.05. The van der Waals surface area contributed by atoms with Crippen molar-refractivity contribution in [1.82, 2.24) is 4.98 Å². The van der Waals surface area contributed by atoms with Crippen LogP contribution in [0, 0.1) is 6.92 Å². The summed E-state index contributed by atoms with van der Waals surface area (Å²) in [5, 5.41) is 18.5. The predicted octanol–water partition coefficient (Wildman–Crippen LogP) is 2.38. The maximum atomic E-state index is 9.32. The summed E-state index contributed by atoms with van der Waals surface area (Å²) in [4.78, 5) is 4.06. The SMILES string of the molecule is Cc1ccnc(OCc2ccc(O)c(O)c2)c1. The largest absolute Gasteiger partial charge is 0.504 e. The molecule has 0 saturated carbocycles. The Kier molecular flexibility index (Phi) is 3.14. The molecule has 0 aliphatic heterocycles. The zero-order valence-corrected chi connectivity index (χ0v) is 9.42. The minimum atomic E-state index is -0.150. The molecule has 0 amide bonds. The van der Waals surface area contributed by atoms with Crippen LogP contribution in [0.1, 0.15) is 11.1 Å². The first-order valence-electron chi connectivity index (χ1n) is 5.21. The number of ether oxygens (including phenoxy) is 1. The predicted molar refractivity (Wildman–Crippen MR) is 63.1 cm³/mol. The molecule has 0 bridgehead atoms. The molecule has 0 radical (unpaired) electrons. The fraction of sp³-hybridized carbons (Fsp3) is 0.154. The summed E-state index contributed by atoms with van der Waals surface area (Å²) in [5.74, 6) is 0.253. The number of rotatable bonds is 3. The van der Waals surface area contributed by atoms with Crippen LogP contribution in [-0.2, 0) is 6.61 Å². The van der Waals surface area contributed by atoms with Crippen molar-refractivity contribution >= 4 is 0 Å². The Bertz CT molecular complexity index is 526. The summed E-state index contributed by atoms with van der Waals surface area (Å²) in [6.45, 7) is 2.26. The van der Waals surface area contributed by atoms with Gasteiger partial charge in [0.05, 0.1) is 0 Å². The summed E-state index contributed by atoms with van der Waals surface area (Å²) in [6, 6.07) is 8.30. The second kappa shape index (κ2) is 4.74. The molecule has 0 aliphatic carbocycles. The van der Waals surface area contributed by atoms with E-state index in [1.165, 1.54) is 12.1 Å². The van der Waals surface area contributed by atoms with Crippen molar-refractivity contribution < 1.29 is 14.9 Å². The molecule has 0 atom stereocenters. The normalized spacial score (nSPS) is 10.2. The van der Waals surface area contributed by atoms with Gasteiger partial charge >= 0.3 is 0 Å². The monoisotopic (exact) mass is 231 g/mol. The van der Waals surface area contributed by atoms with Crippen LogP contribution in [0.15, 0.2) is 36.5 Å². The number of pyridine rings is 1. The fourth-order valence-electron chi connectivity index (χ4n) is 1.40. The van der Waals surface area contributed by atoms with E-state index >= 15 is 0 Å². The fourth-order valence-corrected chi connectivity index (χ4v) is 1.40. The highest BCUT2D eigenvalue weighted by atomic mass is 16.5. The van der Waals surface area contributed by atoms with Crippen molar-refractivity contribution in [1.29, 1.82) is 0 Å². The Hall–Kier alpha value is -2.23. The van der Waals surface area contributed by atoms with Crippen molar-refractivity contribution in [3.05, 3.63) is 47.7 Å². The van der Waals surface area contributed by atoms with E-state index in [9.17, 15) is 5.11 Å². The smallest absolute Gasteiger partial charge is 0.213 e. The van der Waals surface area contributed by atoms with E-state index in [0.29, 0.717) is 12.5 Å². The van der Waals surface area contributed by atoms with E-state index in [-0.39, 0.29) is 11.5 Å². The number of aryl methyl sites for hydroxylation is 1. The molecule has 0 fully saturated rings. The van der Waals surface area contributed by atoms with Crippen molar-refractivity contribution in [2.45, 2.75) is 13.5 Å². The van der Waals surface area contributed by atoms with Crippen LogP contribution in [0.2, 0.25) is 0 Å². The highest BCUT2D eigenvalue weighted by Gasteiger charge is 2.02. The molecule has 1 aromatic heterocycles. The zero-order valence-electron chi connectivity index (χ0n) is 9.42. The van der Waals surface area contributed by atoms with Gasteiger partial charge in [0, 0.05) is 12.3 Å². The van der Waals surface area contributed by atoms with Gasteiger partial charge in [0.15, 0.2) is 11.5 Å². The lowest BCUT2D eigenvalue weighted by Crippen LogP contribution is -1.97. The van der Waals surface area contributed by atoms with Gasteiger partial charge in [0.25, 0.3) is 0 Å². The Morgan fingerprint density at radius 3 is 2.65 bits per heavy atom. The van der Waals surface area contributed by atoms with E-state index in [1.54, 1.807) is 12.3 Å². The second-order valence-electron chi connectivity index (χ2n) is 3.78. The third kappa shape index (κ3) is 2.87. The van der Waals surface area contributed by atoms with E-state index in [2.05, 4.69) is 4.98 Å². The lowest BCUT2D eigenvalue weighted by molar-refractivity contribution is 0.292. The summed E-state index contributed by atoms with van der Waals surface area (Å²) < 4.78 is 5.46. The van der Waals surface area contributed by atoms with Crippen LogP contribution in [0.5, 0.6) is 17.4 Å². The maximum absolute atomic E-state index is 9.32. The first-order valence-corrected chi connectivity index (χ1v) is 5.21. The van der Waals surface area contributed by atoms with Crippen LogP contribution in [0.25, 0.3) is 0 Å². The van der Waals surface area contributed by atoms with Crippen LogP contribution in [0.4, 0.5) is 0 Å². The molecule has 1 heterocycles. The van der Waals surface area contributed by atoms with Gasteiger partial charge in [-0.2, -0.15) is 0 Å². The number of phenolic OH excluding ortho intramolecular Hbond substituents is 2. The molecular weight excluding hydrogens is 218 g/mol. The number of hydrogen-bond donors (Lipinski definition) is 2. The number of benzene rings is 1. The zero-order chi connectivity index (χ0) is 12.3. The number of hydrogen-bond acceptors (Lipinski definition) is 4. The molecule has 17 heavy (non-hydrogen) atoms. The molecule has 0 spiro atoms. The van der Waals surface area contributed by atoms with Crippen LogP contribution < -0.4 is 4.74 Å². The van der Waals surface area contributed by atoms with Crippen LogP contribution in [-0.4, -0.2) is 15.2 Å². The topological polar surface area (TPSA) is 62.6 Å². The lowest BCUT2D eigenvalue weighted by atomic mass is 10.2. The third-order valence-corrected chi connectivity index (χ3v) is 2.32. The van der Waals surface area contributed by atoms with Gasteiger partial charge in [0.1, 0.15) is 6.61 Å². The molecular formula is C13H13NO3. The Morgan fingerprint density at radius 1 is 1.12 bits per heavy atom. The molecule has 4 heteroatoms. The quantitative estimate of drug-likeness (QED) is 0.796. The molecule has 0 unspecified atom stereocenters. The second-order valence-corrected chi connectivity index (χ2v) is 3.78. The molecule has 1 aromatic carbocycles. The van der Waals surface area contributed by atoms with Gasteiger partial charge in [-0.3, -0.25) is 0 Å². The highest BCUT2D eigenvalue weighted by Crippen LogP contribution is 2.25. The molecule has 2 rings (SSSR count). The minimum Gasteiger partial charge on any atom is -0.504 e.